The van der Waals surface area contributed by atoms with Crippen molar-refractivity contribution in [1.82, 2.24) is 25.2 Å². The molecule has 0 saturated carbocycles. The number of pyridine rings is 1. The summed E-state index contributed by atoms with van der Waals surface area (Å²) in [6.07, 6.45) is 9.77. The van der Waals surface area contributed by atoms with Gasteiger partial charge in [-0.25, -0.2) is 15.0 Å². The molecule has 2 N–H and O–H groups in total. The Bertz CT molecular complexity index is 3130. The van der Waals surface area contributed by atoms with Crippen LogP contribution < -0.4 is 10.6 Å². The average molecular weight is 760 g/mol. The molecule has 2 atom stereocenters. The molecule has 0 aliphatic carbocycles. The van der Waals surface area contributed by atoms with Crippen LogP contribution in [0.2, 0.25) is 0 Å². The van der Waals surface area contributed by atoms with Gasteiger partial charge in [0, 0.05) is 39.2 Å². The van der Waals surface area contributed by atoms with E-state index in [1.807, 2.05) is 48.8 Å². The molecule has 0 spiro atoms. The van der Waals surface area contributed by atoms with Gasteiger partial charge in [-0.3, -0.25) is 9.55 Å². The van der Waals surface area contributed by atoms with Crippen molar-refractivity contribution in [2.24, 2.45) is 9.98 Å². The van der Waals surface area contributed by atoms with E-state index in [-0.39, 0.29) is 12.2 Å². The highest BCUT2D eigenvalue weighted by Gasteiger charge is 2.24. The summed E-state index contributed by atoms with van der Waals surface area (Å²) in [5, 5.41) is 10.4. The van der Waals surface area contributed by atoms with E-state index in [1.165, 1.54) is 5.56 Å². The second-order valence-electron chi connectivity index (χ2n) is 14.8. The smallest absolute Gasteiger partial charge is 0.159 e. The molecule has 9 aromatic rings. The quantitative estimate of drug-likeness (QED) is 0.159. The van der Waals surface area contributed by atoms with Gasteiger partial charge in [0.05, 0.1) is 16.6 Å². The van der Waals surface area contributed by atoms with E-state index in [1.54, 1.807) is 0 Å². The first-order valence-corrected chi connectivity index (χ1v) is 19.9. The third-order valence-electron chi connectivity index (χ3n) is 11.2. The Balaban J connectivity index is 0.931. The predicted molar refractivity (Wildman–Crippen MR) is 241 cm³/mol. The summed E-state index contributed by atoms with van der Waals surface area (Å²) in [5.74, 6) is 2.42. The molecule has 0 saturated heterocycles. The first kappa shape index (κ1) is 34.4. The van der Waals surface area contributed by atoms with Crippen molar-refractivity contribution >= 4 is 44.4 Å². The number of fused-ring (bicyclic) bond motifs is 6. The zero-order valence-corrected chi connectivity index (χ0v) is 31.9. The molecular formula is C52H37N7. The number of hydrogen-bond acceptors (Lipinski definition) is 6. The second kappa shape index (κ2) is 14.6. The van der Waals surface area contributed by atoms with Crippen molar-refractivity contribution < 1.29 is 0 Å². The second-order valence-corrected chi connectivity index (χ2v) is 14.8. The van der Waals surface area contributed by atoms with Crippen LogP contribution in [0.25, 0.3) is 60.6 Å². The van der Waals surface area contributed by atoms with Crippen molar-refractivity contribution in [3.63, 3.8) is 0 Å². The zero-order chi connectivity index (χ0) is 39.1. The van der Waals surface area contributed by atoms with Gasteiger partial charge >= 0.3 is 0 Å². The number of nitrogens with zero attached hydrogens (tertiary/aromatic N) is 5. The normalized spacial score (nSPS) is 16.1. The van der Waals surface area contributed by atoms with Crippen molar-refractivity contribution in [3.8, 4) is 27.9 Å². The minimum absolute atomic E-state index is 0.0946. The van der Waals surface area contributed by atoms with E-state index in [0.717, 1.165) is 83.4 Å². The van der Waals surface area contributed by atoms with Crippen LogP contribution in [0.15, 0.2) is 210 Å². The van der Waals surface area contributed by atoms with Gasteiger partial charge in [-0.1, -0.05) is 158 Å². The van der Waals surface area contributed by atoms with Crippen LogP contribution in [-0.4, -0.2) is 26.2 Å². The molecule has 2 aliphatic heterocycles. The maximum atomic E-state index is 5.35. The van der Waals surface area contributed by atoms with Crippen LogP contribution in [0.5, 0.6) is 0 Å². The molecule has 2 aliphatic rings. The maximum absolute atomic E-state index is 5.35. The predicted octanol–water partition coefficient (Wildman–Crippen LogP) is 11.3. The Labute approximate surface area is 341 Å². The highest BCUT2D eigenvalue weighted by Crippen LogP contribution is 2.38. The summed E-state index contributed by atoms with van der Waals surface area (Å²) in [6.45, 7) is 0. The van der Waals surface area contributed by atoms with E-state index >= 15 is 0 Å². The molecule has 4 heterocycles. The molecule has 280 valence electrons. The molecule has 59 heavy (non-hydrogen) atoms. The minimum atomic E-state index is -0.312. The van der Waals surface area contributed by atoms with E-state index in [4.69, 9.17) is 20.0 Å². The number of benzene rings is 7. The lowest BCUT2D eigenvalue weighted by atomic mass is 10.0. The van der Waals surface area contributed by atoms with E-state index in [2.05, 4.69) is 167 Å². The minimum Gasteiger partial charge on any atom is -0.378 e. The Morgan fingerprint density at radius 1 is 0.508 bits per heavy atom. The molecular weight excluding hydrogens is 723 g/mol. The summed E-state index contributed by atoms with van der Waals surface area (Å²) in [7, 11) is 0. The number of nitrogens with one attached hydrogen (secondary N) is 2. The van der Waals surface area contributed by atoms with Gasteiger partial charge in [0.15, 0.2) is 5.84 Å². The van der Waals surface area contributed by atoms with Gasteiger partial charge in [0.1, 0.15) is 23.9 Å². The lowest BCUT2D eigenvalue weighted by Gasteiger charge is -2.24. The number of imidazole rings is 1. The third-order valence-corrected chi connectivity index (χ3v) is 11.2. The van der Waals surface area contributed by atoms with Crippen LogP contribution in [0.1, 0.15) is 34.7 Å². The summed E-state index contributed by atoms with van der Waals surface area (Å²) >= 11 is 0. The SMILES string of the molecule is C1=CNC(c2nc3c4ccccc4c4ncccc4c3n2-c2ccc(-c3ccc(C4N=C(c5ccccc5)N=C(c5ccc(-c6ccccc6)cc5)N4)cc3)cc2)C=C1. The van der Waals surface area contributed by atoms with E-state index < -0.39 is 0 Å². The summed E-state index contributed by atoms with van der Waals surface area (Å²) in [4.78, 5) is 20.3. The van der Waals surface area contributed by atoms with E-state index in [9.17, 15) is 0 Å². The van der Waals surface area contributed by atoms with Crippen LogP contribution in [0, 0.1) is 0 Å². The molecule has 7 nitrogen and oxygen atoms in total. The number of allylic oxidation sites excluding steroid dienone is 2. The molecule has 2 aromatic heterocycles. The molecule has 11 rings (SSSR count). The lowest BCUT2D eigenvalue weighted by molar-refractivity contribution is 0.674. The molecule has 0 radical (unpaired) electrons. The molecule has 7 aromatic carbocycles. The number of aliphatic imine (C=N–C) groups is 2. The maximum Gasteiger partial charge on any atom is 0.159 e. The Morgan fingerprint density at radius 2 is 1.10 bits per heavy atom. The number of aromatic nitrogens is 3. The standard InChI is InChI=1S/C52H37N7/c1-3-12-34(13-4-1)35-20-24-39(25-21-35)50-56-49(38-14-5-2-6-15-38)57-51(58-50)40-26-22-36(23-27-40)37-28-30-41(31-29-37)59-48-44-18-11-33-54-46(44)42-16-7-8-17-43(42)47(48)55-52(59)45-19-9-10-32-53-45/h1-33,45,51,53H,(H,56,57,58). The molecule has 7 heteroatoms. The Morgan fingerprint density at radius 3 is 1.80 bits per heavy atom. The average Bonchev–Trinajstić information content (AvgIpc) is 3.74. The summed E-state index contributed by atoms with van der Waals surface area (Å²) in [5.41, 5.74) is 11.6. The molecule has 0 bridgehead atoms. The van der Waals surface area contributed by atoms with Gasteiger partial charge in [0.2, 0.25) is 0 Å². The van der Waals surface area contributed by atoms with Gasteiger partial charge in [0.25, 0.3) is 0 Å². The van der Waals surface area contributed by atoms with Crippen LogP contribution >= 0.6 is 0 Å². The monoisotopic (exact) mass is 759 g/mol. The summed E-state index contributed by atoms with van der Waals surface area (Å²) < 4.78 is 2.30. The number of hydrogen-bond donors (Lipinski definition) is 2. The van der Waals surface area contributed by atoms with Gasteiger partial charge < -0.3 is 10.6 Å². The largest absolute Gasteiger partial charge is 0.378 e. The first-order valence-electron chi connectivity index (χ1n) is 19.9. The highest BCUT2D eigenvalue weighted by molar-refractivity contribution is 6.22. The fourth-order valence-electron chi connectivity index (χ4n) is 8.25. The first-order chi connectivity index (χ1) is 29.2. The van der Waals surface area contributed by atoms with Crippen molar-refractivity contribution in [3.05, 3.63) is 223 Å². The molecule has 2 unspecified atom stereocenters. The zero-order valence-electron chi connectivity index (χ0n) is 31.9. The third kappa shape index (κ3) is 6.26. The van der Waals surface area contributed by atoms with Crippen molar-refractivity contribution in [1.29, 1.82) is 0 Å². The highest BCUT2D eigenvalue weighted by atomic mass is 15.2. The van der Waals surface area contributed by atoms with Gasteiger partial charge in [-0.05, 0) is 64.4 Å². The van der Waals surface area contributed by atoms with Crippen LogP contribution in [-0.2, 0) is 0 Å². The van der Waals surface area contributed by atoms with Gasteiger partial charge in [-0.15, -0.1) is 0 Å². The fourth-order valence-corrected chi connectivity index (χ4v) is 8.25. The fraction of sp³-hybridized carbons (Fsp3) is 0.0385. The Hall–Kier alpha value is -7.90. The molecule has 0 fully saturated rings. The number of rotatable bonds is 7. The van der Waals surface area contributed by atoms with Gasteiger partial charge in [-0.2, -0.15) is 0 Å². The lowest BCUT2D eigenvalue weighted by Crippen LogP contribution is -2.33. The summed E-state index contributed by atoms with van der Waals surface area (Å²) in [6, 6.07) is 59.1. The number of dihydropyridines is 1. The van der Waals surface area contributed by atoms with Crippen LogP contribution in [0.3, 0.4) is 0 Å². The molecule has 0 amide bonds. The van der Waals surface area contributed by atoms with E-state index in [0.29, 0.717) is 5.84 Å². The Kier molecular flexibility index (Phi) is 8.47. The number of amidine groups is 2. The topological polar surface area (TPSA) is 79.5 Å². The van der Waals surface area contributed by atoms with Crippen molar-refractivity contribution in [2.45, 2.75) is 12.2 Å². The van der Waals surface area contributed by atoms with Crippen LogP contribution in [0.4, 0.5) is 0 Å². The van der Waals surface area contributed by atoms with Crippen molar-refractivity contribution in [2.75, 3.05) is 0 Å².